The number of hydrogen-bond acceptors (Lipinski definition) is 7. The fraction of sp³-hybridized carbons (Fsp3) is 0.323. The van der Waals surface area contributed by atoms with E-state index >= 15 is 8.78 Å². The molecule has 2 aromatic heterocycles. The van der Waals surface area contributed by atoms with Crippen LogP contribution in [0.2, 0.25) is 0 Å². The van der Waals surface area contributed by atoms with Crippen LogP contribution >= 0.6 is 0 Å². The third kappa shape index (κ3) is 6.09. The maximum Gasteiger partial charge on any atom is 0.336 e. The van der Waals surface area contributed by atoms with Gasteiger partial charge in [0.2, 0.25) is 0 Å². The Morgan fingerprint density at radius 3 is 2.54 bits per heavy atom. The second kappa shape index (κ2) is 12.4. The molecule has 0 radical (unpaired) electrons. The lowest BCUT2D eigenvalue weighted by atomic mass is 10.0. The number of nitrogens with zero attached hydrogens (tertiary/aromatic N) is 4. The molecule has 2 N–H and O–H groups in total. The van der Waals surface area contributed by atoms with Gasteiger partial charge in [-0.05, 0) is 48.4 Å². The smallest absolute Gasteiger partial charge is 0.336 e. The molecule has 0 saturated carbocycles. The molecule has 1 aliphatic rings. The van der Waals surface area contributed by atoms with Crippen LogP contribution in [0.1, 0.15) is 28.4 Å². The molecule has 2 atom stereocenters. The number of ether oxygens (including phenoxy) is 1. The molecule has 1 fully saturated rings. The van der Waals surface area contributed by atoms with E-state index in [9.17, 15) is 33.1 Å². The summed E-state index contributed by atoms with van der Waals surface area (Å²) in [5.41, 5.74) is -1.92. The van der Waals surface area contributed by atoms with Crippen molar-refractivity contribution in [2.24, 2.45) is 7.05 Å². The topological polar surface area (TPSA) is 136 Å². The van der Waals surface area contributed by atoms with E-state index in [1.807, 2.05) is 0 Å². The lowest BCUT2D eigenvalue weighted by Gasteiger charge is -2.40. The highest BCUT2D eigenvalue weighted by molar-refractivity contribution is 5.98. The van der Waals surface area contributed by atoms with E-state index in [2.05, 4.69) is 10.3 Å². The van der Waals surface area contributed by atoms with Crippen LogP contribution in [0.3, 0.4) is 0 Å². The Hall–Kier alpha value is -5.05. The van der Waals surface area contributed by atoms with Gasteiger partial charge in [0.05, 0.1) is 41.6 Å². The van der Waals surface area contributed by atoms with E-state index in [1.54, 1.807) is 0 Å². The Labute approximate surface area is 258 Å². The number of fused-ring (bicyclic) bond motifs is 1. The molecule has 1 aliphatic heterocycles. The summed E-state index contributed by atoms with van der Waals surface area (Å²) in [4.78, 5) is 56.3. The molecule has 0 aliphatic carbocycles. The first-order chi connectivity index (χ1) is 21.7. The third-order valence-corrected chi connectivity index (χ3v) is 7.91. The largest absolute Gasteiger partial charge is 0.480 e. The van der Waals surface area contributed by atoms with Gasteiger partial charge in [0.25, 0.3) is 17.4 Å². The summed E-state index contributed by atoms with van der Waals surface area (Å²) in [7, 11) is 1.40. The highest BCUT2D eigenvalue weighted by Gasteiger charge is 2.41. The van der Waals surface area contributed by atoms with E-state index in [-0.39, 0.29) is 53.2 Å². The van der Waals surface area contributed by atoms with Gasteiger partial charge in [-0.25, -0.2) is 31.7 Å². The number of carboxylic acid groups (broad SMARTS) is 1. The molecule has 15 heteroatoms. The van der Waals surface area contributed by atoms with E-state index in [4.69, 9.17) is 4.74 Å². The number of aromatic nitrogens is 3. The van der Waals surface area contributed by atoms with Crippen molar-refractivity contribution in [1.82, 2.24) is 19.4 Å². The molecule has 0 bridgehead atoms. The lowest BCUT2D eigenvalue weighted by molar-refractivity contribution is -0.139. The molecule has 3 heterocycles. The van der Waals surface area contributed by atoms with E-state index in [0.717, 1.165) is 29.7 Å². The van der Waals surface area contributed by atoms with Crippen LogP contribution in [-0.2, 0) is 23.0 Å². The zero-order chi connectivity index (χ0) is 33.5. The Balaban J connectivity index is 1.39. The lowest BCUT2D eigenvalue weighted by Crippen LogP contribution is -2.54. The second-order valence-corrected chi connectivity index (χ2v) is 11.1. The number of halogens is 4. The summed E-state index contributed by atoms with van der Waals surface area (Å²) in [5.74, 6) is -7.79. The van der Waals surface area contributed by atoms with Crippen molar-refractivity contribution >= 4 is 28.5 Å². The van der Waals surface area contributed by atoms with Crippen LogP contribution in [0.4, 0.5) is 23.2 Å². The summed E-state index contributed by atoms with van der Waals surface area (Å²) < 4.78 is 66.0. The number of carbonyl (C=O) groups is 2. The number of aliphatic carboxylic acids is 1. The van der Waals surface area contributed by atoms with Gasteiger partial charge in [0.1, 0.15) is 23.7 Å². The zero-order valence-electron chi connectivity index (χ0n) is 24.9. The minimum absolute atomic E-state index is 0.0660. The molecule has 0 spiro atoms. The number of aryl methyl sites for hydroxylation is 2. The highest BCUT2D eigenvalue weighted by Crippen LogP contribution is 2.32. The Morgan fingerprint density at radius 2 is 1.89 bits per heavy atom. The molecule has 1 amide bonds. The number of pyridine rings is 1. The quantitative estimate of drug-likeness (QED) is 0.280. The first-order valence-electron chi connectivity index (χ1n) is 14.1. The number of alkyl halides is 2. The summed E-state index contributed by atoms with van der Waals surface area (Å²) in [6.07, 6.45) is 2.25. The van der Waals surface area contributed by atoms with Gasteiger partial charge < -0.3 is 20.1 Å². The predicted molar refractivity (Wildman–Crippen MR) is 159 cm³/mol. The first-order valence-corrected chi connectivity index (χ1v) is 14.1. The second-order valence-electron chi connectivity index (χ2n) is 11.1. The highest BCUT2D eigenvalue weighted by atomic mass is 19.3. The van der Waals surface area contributed by atoms with Crippen LogP contribution < -0.4 is 21.5 Å². The predicted octanol–water partition coefficient (Wildman–Crippen LogP) is 2.96. The number of benzene rings is 2. The van der Waals surface area contributed by atoms with Crippen molar-refractivity contribution in [3.8, 4) is 5.69 Å². The number of morpholine rings is 1. The third-order valence-electron chi connectivity index (χ3n) is 7.91. The van der Waals surface area contributed by atoms with Gasteiger partial charge >= 0.3 is 11.7 Å². The van der Waals surface area contributed by atoms with Gasteiger partial charge in [-0.3, -0.25) is 19.1 Å². The normalized spacial score (nSPS) is 16.0. The van der Waals surface area contributed by atoms with Crippen molar-refractivity contribution < 1.29 is 37.0 Å². The Bertz CT molecular complexity index is 1950. The summed E-state index contributed by atoms with van der Waals surface area (Å²) in [6, 6.07) is 4.07. The number of hydrogen-bond donors (Lipinski definition) is 2. The molecule has 242 valence electrons. The van der Waals surface area contributed by atoms with E-state index < -0.39 is 64.8 Å². The molecule has 4 aromatic rings. The summed E-state index contributed by atoms with van der Waals surface area (Å²) >= 11 is 0. The molecule has 5 rings (SSSR count). The molecule has 11 nitrogen and oxygen atoms in total. The summed E-state index contributed by atoms with van der Waals surface area (Å²) in [6.45, 7) is 2.06. The number of carboxylic acids is 1. The van der Waals surface area contributed by atoms with Crippen LogP contribution in [-0.4, -0.2) is 68.9 Å². The van der Waals surface area contributed by atoms with Crippen molar-refractivity contribution in [2.45, 2.75) is 38.3 Å². The average molecular weight is 644 g/mol. The summed E-state index contributed by atoms with van der Waals surface area (Å²) in [5, 5.41) is 12.2. The van der Waals surface area contributed by atoms with Crippen LogP contribution in [0.15, 0.2) is 58.4 Å². The molecule has 2 aromatic carbocycles. The molecular formula is C31H29F4N5O6. The first kappa shape index (κ1) is 32.3. The number of anilines is 1. The fourth-order valence-corrected chi connectivity index (χ4v) is 5.54. The number of nitrogens with one attached hydrogen (secondary N) is 1. The Kier molecular flexibility index (Phi) is 8.71. The van der Waals surface area contributed by atoms with Crippen molar-refractivity contribution in [3.05, 3.63) is 98.0 Å². The van der Waals surface area contributed by atoms with Crippen LogP contribution in [0.25, 0.3) is 16.6 Å². The van der Waals surface area contributed by atoms with Gasteiger partial charge in [-0.1, -0.05) is 6.07 Å². The van der Waals surface area contributed by atoms with Gasteiger partial charge in [-0.2, -0.15) is 0 Å². The minimum atomic E-state index is -3.16. The molecule has 0 unspecified atom stereocenters. The molecule has 46 heavy (non-hydrogen) atoms. The zero-order valence-corrected chi connectivity index (χ0v) is 24.9. The maximum absolute atomic E-state index is 15.3. The monoisotopic (exact) mass is 643 g/mol. The van der Waals surface area contributed by atoms with Crippen LogP contribution in [0, 0.1) is 18.6 Å². The minimum Gasteiger partial charge on any atom is -0.480 e. The SMILES string of the molecule is Cc1cc(N2CCOC[C@@H]2C(C)(F)F)cc(F)c1C(=O)N[C@@H](Cc1ccc(-n2c(=O)c3ccncc3n(C)c2=O)c(F)c1)C(=O)O. The van der Waals surface area contributed by atoms with Crippen LogP contribution in [0.5, 0.6) is 0 Å². The standard InChI is InChI=1S/C31H29F4N5O6/c1-16-10-18(39-8-9-46-15-25(39)31(2,34)35)13-21(33)26(16)27(41)37-22(29(43)44)12-17-4-5-23(20(32)11-17)40-28(42)19-6-7-36-14-24(19)38(3)30(40)45/h4-7,10-11,13-14,22,25H,8-9,12,15H2,1-3H3,(H,37,41)(H,43,44)/t22-,25+/m0/s1. The van der Waals surface area contributed by atoms with Crippen molar-refractivity contribution in [1.29, 1.82) is 0 Å². The van der Waals surface area contributed by atoms with Gasteiger partial charge in [-0.15, -0.1) is 0 Å². The van der Waals surface area contributed by atoms with Crippen molar-refractivity contribution in [3.63, 3.8) is 0 Å². The molecular weight excluding hydrogens is 614 g/mol. The number of amides is 1. The maximum atomic E-state index is 15.3. The number of carbonyl (C=O) groups excluding carboxylic acids is 1. The van der Waals surface area contributed by atoms with Gasteiger partial charge in [0.15, 0.2) is 0 Å². The van der Waals surface area contributed by atoms with Gasteiger partial charge in [0, 0.05) is 38.8 Å². The van der Waals surface area contributed by atoms with E-state index in [0.29, 0.717) is 4.57 Å². The fourth-order valence-electron chi connectivity index (χ4n) is 5.54. The van der Waals surface area contributed by atoms with E-state index in [1.165, 1.54) is 49.5 Å². The Morgan fingerprint density at radius 1 is 1.15 bits per heavy atom. The number of rotatable bonds is 8. The average Bonchev–Trinajstić information content (AvgIpc) is 3.00. The van der Waals surface area contributed by atoms with Crippen molar-refractivity contribution in [2.75, 3.05) is 24.7 Å². The molecule has 1 saturated heterocycles.